The van der Waals surface area contributed by atoms with Crippen LogP contribution in [-0.2, 0) is 15.3 Å². The van der Waals surface area contributed by atoms with Crippen LogP contribution >= 0.6 is 23.4 Å². The molecule has 0 spiro atoms. The highest BCUT2D eigenvalue weighted by Gasteiger charge is 2.21. The van der Waals surface area contributed by atoms with Crippen LogP contribution in [-0.4, -0.2) is 40.7 Å². The van der Waals surface area contributed by atoms with Gasteiger partial charge < -0.3 is 10.0 Å². The van der Waals surface area contributed by atoms with Crippen molar-refractivity contribution >= 4 is 35.2 Å². The summed E-state index contributed by atoms with van der Waals surface area (Å²) in [5.41, 5.74) is 1.08. The van der Waals surface area contributed by atoms with Crippen LogP contribution in [0.15, 0.2) is 24.3 Å². The lowest BCUT2D eigenvalue weighted by molar-refractivity contribution is -0.147. The largest absolute Gasteiger partial charge is 0.480 e. The molecule has 1 aromatic carbocycles. The fourth-order valence-electron chi connectivity index (χ4n) is 1.32. The Morgan fingerprint density at radius 2 is 1.95 bits per heavy atom. The molecule has 0 heterocycles. The molecule has 0 aliphatic heterocycles. The van der Waals surface area contributed by atoms with Gasteiger partial charge in [0.15, 0.2) is 0 Å². The number of amides is 1. The molecular weight excluding hydrogens is 286 g/mol. The van der Waals surface area contributed by atoms with E-state index in [1.165, 1.54) is 30.6 Å². The first-order valence-electron chi connectivity index (χ1n) is 5.72. The summed E-state index contributed by atoms with van der Waals surface area (Å²) in [5.74, 6) is -0.234. The van der Waals surface area contributed by atoms with Crippen molar-refractivity contribution in [3.05, 3.63) is 34.9 Å². The quantitative estimate of drug-likeness (QED) is 0.877. The first kappa shape index (κ1) is 15.9. The highest BCUT2D eigenvalue weighted by Crippen LogP contribution is 2.16. The van der Waals surface area contributed by atoms with E-state index in [0.717, 1.165) is 5.56 Å². The number of halogens is 1. The van der Waals surface area contributed by atoms with E-state index in [-0.39, 0.29) is 11.7 Å². The minimum absolute atomic E-state index is 0.186. The van der Waals surface area contributed by atoms with Crippen LogP contribution in [0, 0.1) is 0 Å². The molecule has 0 radical (unpaired) electrons. The third-order valence-electron chi connectivity index (χ3n) is 2.74. The van der Waals surface area contributed by atoms with Crippen LogP contribution < -0.4 is 0 Å². The fraction of sp³-hybridized carbons (Fsp3) is 0.385. The summed E-state index contributed by atoms with van der Waals surface area (Å²) in [4.78, 5) is 23.8. The smallest absolute Gasteiger partial charge is 0.326 e. The van der Waals surface area contributed by atoms with E-state index in [1.54, 1.807) is 12.1 Å². The Hall–Kier alpha value is -1.20. The number of carboxylic acids is 1. The van der Waals surface area contributed by atoms with E-state index < -0.39 is 12.0 Å². The van der Waals surface area contributed by atoms with E-state index in [0.29, 0.717) is 10.8 Å². The first-order chi connectivity index (χ1) is 8.91. The maximum atomic E-state index is 11.8. The molecule has 0 aliphatic carbocycles. The van der Waals surface area contributed by atoms with Crippen LogP contribution in [0.3, 0.4) is 0 Å². The lowest BCUT2D eigenvalue weighted by atomic mass is 10.2. The number of nitrogens with zero attached hydrogens (tertiary/aromatic N) is 1. The number of carbonyl (C=O) groups is 2. The number of likely N-dealkylation sites (N-methyl/N-ethyl adjacent to an activating group) is 1. The van der Waals surface area contributed by atoms with Crippen LogP contribution in [0.4, 0.5) is 0 Å². The Morgan fingerprint density at radius 1 is 1.37 bits per heavy atom. The second-order valence-electron chi connectivity index (χ2n) is 4.14. The Balaban J connectivity index is 2.38. The number of aliphatic carboxylic acids is 1. The van der Waals surface area contributed by atoms with E-state index in [2.05, 4.69) is 0 Å². The number of carboxylic acid groups (broad SMARTS) is 1. The van der Waals surface area contributed by atoms with Gasteiger partial charge >= 0.3 is 5.97 Å². The highest BCUT2D eigenvalue weighted by molar-refractivity contribution is 7.99. The molecule has 6 heteroatoms. The maximum absolute atomic E-state index is 11.8. The molecule has 1 aromatic rings. The Kier molecular flexibility index (Phi) is 6.18. The number of thioether (sulfide) groups is 1. The zero-order valence-corrected chi connectivity index (χ0v) is 12.4. The average molecular weight is 302 g/mol. The van der Waals surface area contributed by atoms with Crippen LogP contribution in [0.1, 0.15) is 12.5 Å². The van der Waals surface area contributed by atoms with Gasteiger partial charge in [0.2, 0.25) is 5.91 Å². The lowest BCUT2D eigenvalue weighted by Crippen LogP contribution is -2.41. The van der Waals surface area contributed by atoms with Gasteiger partial charge in [-0.05, 0) is 24.6 Å². The zero-order valence-electron chi connectivity index (χ0n) is 10.8. The normalized spacial score (nSPS) is 11.9. The van der Waals surface area contributed by atoms with Crippen molar-refractivity contribution in [3.63, 3.8) is 0 Å². The molecule has 0 saturated heterocycles. The Bertz CT molecular complexity index is 450. The summed E-state index contributed by atoms with van der Waals surface area (Å²) in [5, 5.41) is 9.50. The zero-order chi connectivity index (χ0) is 14.4. The predicted octanol–water partition coefficient (Wildman–Crippen LogP) is 2.50. The highest BCUT2D eigenvalue weighted by atomic mass is 35.5. The van der Waals surface area contributed by atoms with E-state index >= 15 is 0 Å². The molecule has 104 valence electrons. The molecule has 4 nitrogen and oxygen atoms in total. The first-order valence-corrected chi connectivity index (χ1v) is 7.25. The molecule has 1 rings (SSSR count). The molecule has 0 aliphatic rings. The van der Waals surface area contributed by atoms with Gasteiger partial charge in [-0.15, -0.1) is 11.8 Å². The van der Waals surface area contributed by atoms with Gasteiger partial charge in [-0.2, -0.15) is 0 Å². The molecule has 1 N–H and O–H groups in total. The second-order valence-corrected chi connectivity index (χ2v) is 5.56. The molecule has 1 atom stereocenters. The van der Waals surface area contributed by atoms with E-state index in [9.17, 15) is 9.59 Å². The fourth-order valence-corrected chi connectivity index (χ4v) is 2.35. The number of benzene rings is 1. The van der Waals surface area contributed by atoms with Gasteiger partial charge in [0.05, 0.1) is 5.75 Å². The Morgan fingerprint density at radius 3 is 2.47 bits per heavy atom. The van der Waals surface area contributed by atoms with Crippen LogP contribution in [0.5, 0.6) is 0 Å². The molecule has 0 bridgehead atoms. The van der Waals surface area contributed by atoms with E-state index in [4.69, 9.17) is 16.7 Å². The van der Waals surface area contributed by atoms with Crippen molar-refractivity contribution in [2.24, 2.45) is 0 Å². The topological polar surface area (TPSA) is 57.6 Å². The molecule has 0 fully saturated rings. The van der Waals surface area contributed by atoms with Gasteiger partial charge in [-0.25, -0.2) is 4.79 Å². The maximum Gasteiger partial charge on any atom is 0.326 e. The van der Waals surface area contributed by atoms with Gasteiger partial charge in [0, 0.05) is 17.8 Å². The van der Waals surface area contributed by atoms with E-state index in [1.807, 2.05) is 12.1 Å². The van der Waals surface area contributed by atoms with Crippen LogP contribution in [0.2, 0.25) is 5.02 Å². The standard InChI is InChI=1S/C13H16ClNO3S/c1-9(13(17)18)15(2)12(16)8-19-7-10-3-5-11(14)6-4-10/h3-6,9H,7-8H2,1-2H3,(H,17,18). The van der Waals surface area contributed by atoms with Crippen molar-refractivity contribution in [3.8, 4) is 0 Å². The Labute approximate surface area is 121 Å². The monoisotopic (exact) mass is 301 g/mol. The van der Waals surface area contributed by atoms with Crippen LogP contribution in [0.25, 0.3) is 0 Å². The predicted molar refractivity (Wildman–Crippen MR) is 77.5 cm³/mol. The summed E-state index contributed by atoms with van der Waals surface area (Å²) in [7, 11) is 1.50. The summed E-state index contributed by atoms with van der Waals surface area (Å²) in [6.07, 6.45) is 0. The number of hydrogen-bond donors (Lipinski definition) is 1. The summed E-state index contributed by atoms with van der Waals surface area (Å²) < 4.78 is 0. The van der Waals surface area contributed by atoms with Crippen molar-refractivity contribution in [1.29, 1.82) is 0 Å². The lowest BCUT2D eigenvalue weighted by Gasteiger charge is -2.21. The summed E-state index contributed by atoms with van der Waals surface area (Å²) in [6, 6.07) is 6.62. The van der Waals surface area contributed by atoms with Crippen molar-refractivity contribution in [1.82, 2.24) is 4.90 Å². The molecule has 19 heavy (non-hydrogen) atoms. The van der Waals surface area contributed by atoms with Crippen molar-refractivity contribution < 1.29 is 14.7 Å². The second kappa shape index (κ2) is 7.40. The van der Waals surface area contributed by atoms with Gasteiger partial charge in [-0.3, -0.25) is 4.79 Å². The third kappa shape index (κ3) is 5.12. The minimum Gasteiger partial charge on any atom is -0.480 e. The van der Waals surface area contributed by atoms with Gasteiger partial charge in [0.25, 0.3) is 0 Å². The number of rotatable bonds is 6. The average Bonchev–Trinajstić information content (AvgIpc) is 2.39. The minimum atomic E-state index is -1.00. The molecule has 1 amide bonds. The summed E-state index contributed by atoms with van der Waals surface area (Å²) >= 11 is 7.23. The number of hydrogen-bond acceptors (Lipinski definition) is 3. The SMILES string of the molecule is CC(C(=O)O)N(C)C(=O)CSCc1ccc(Cl)cc1. The molecule has 0 saturated carbocycles. The molecule has 1 unspecified atom stereocenters. The molecule has 0 aromatic heterocycles. The van der Waals surface area contributed by atoms with Gasteiger partial charge in [0.1, 0.15) is 6.04 Å². The number of carbonyl (C=O) groups excluding carboxylic acids is 1. The van der Waals surface area contributed by atoms with Crippen molar-refractivity contribution in [2.45, 2.75) is 18.7 Å². The van der Waals surface area contributed by atoms with Gasteiger partial charge in [-0.1, -0.05) is 23.7 Å². The van der Waals surface area contributed by atoms with Crippen molar-refractivity contribution in [2.75, 3.05) is 12.8 Å². The molecular formula is C13H16ClNO3S. The third-order valence-corrected chi connectivity index (χ3v) is 3.98. The summed E-state index contributed by atoms with van der Waals surface area (Å²) in [6.45, 7) is 1.49.